The molecule has 0 aromatic rings. The Bertz CT molecular complexity index is 229. The predicted molar refractivity (Wildman–Crippen MR) is 61.3 cm³/mol. The van der Waals surface area contributed by atoms with Gasteiger partial charge in [-0.25, -0.2) is 13.1 Å². The van der Waals surface area contributed by atoms with E-state index < -0.39 is 10.0 Å². The molecule has 0 aliphatic rings. The van der Waals surface area contributed by atoms with Gasteiger partial charge in [-0.05, 0) is 20.3 Å². The summed E-state index contributed by atoms with van der Waals surface area (Å²) in [5.41, 5.74) is 0. The molecule has 0 amide bonds. The zero-order valence-corrected chi connectivity index (χ0v) is 11.0. The molecule has 4 nitrogen and oxygen atoms in total. The lowest BCUT2D eigenvalue weighted by atomic mass is 10.5. The molecule has 0 radical (unpaired) electrons. The Morgan fingerprint density at radius 2 is 2.00 bits per heavy atom. The fraction of sp³-hybridized carbons (Fsp3) is 1.00. The summed E-state index contributed by atoms with van der Waals surface area (Å²) in [6, 6.07) is 0. The number of rotatable bonds is 8. The second-order valence-corrected chi connectivity index (χ2v) is 6.26. The van der Waals surface area contributed by atoms with E-state index in [1.165, 1.54) is 0 Å². The van der Waals surface area contributed by atoms with Crippen molar-refractivity contribution in [1.29, 1.82) is 0 Å². The molecule has 0 bridgehead atoms. The summed E-state index contributed by atoms with van der Waals surface area (Å²) in [5.74, 6) is 0. The van der Waals surface area contributed by atoms with Gasteiger partial charge in [-0.1, -0.05) is 15.9 Å². The number of nitrogens with one attached hydrogen (secondary N) is 1. The van der Waals surface area contributed by atoms with E-state index in [2.05, 4.69) is 20.7 Å². The molecule has 0 aliphatic carbocycles. The Kier molecular flexibility index (Phi) is 7.81. The van der Waals surface area contributed by atoms with E-state index in [4.69, 9.17) is 4.74 Å². The first-order chi connectivity index (χ1) is 6.50. The monoisotopic (exact) mass is 287 g/mol. The van der Waals surface area contributed by atoms with Gasteiger partial charge in [0.15, 0.2) is 0 Å². The second kappa shape index (κ2) is 7.62. The van der Waals surface area contributed by atoms with Crippen LogP contribution in [0.1, 0.15) is 20.3 Å². The normalized spacial score (nSPS) is 12.3. The van der Waals surface area contributed by atoms with Gasteiger partial charge in [0, 0.05) is 18.5 Å². The average Bonchev–Trinajstić information content (AvgIpc) is 2.10. The van der Waals surface area contributed by atoms with Gasteiger partial charge in [-0.15, -0.1) is 0 Å². The molecule has 0 unspecified atom stereocenters. The zero-order chi connectivity index (χ0) is 11.0. The Labute approximate surface area is 94.6 Å². The number of ether oxygens (including phenoxy) is 1. The zero-order valence-electron chi connectivity index (χ0n) is 8.62. The standard InChI is InChI=1S/C8H18BrNO3S/c1-8(2)14(11,12)10-5-3-6-13-7-4-9/h8,10H,3-7H2,1-2H3. The van der Waals surface area contributed by atoms with Crippen LogP contribution in [0.3, 0.4) is 0 Å². The summed E-state index contributed by atoms with van der Waals surface area (Å²) in [5, 5.41) is 0.441. The van der Waals surface area contributed by atoms with Crippen LogP contribution in [-0.4, -0.2) is 38.8 Å². The fourth-order valence-corrected chi connectivity index (χ4v) is 1.70. The third-order valence-electron chi connectivity index (χ3n) is 1.61. The van der Waals surface area contributed by atoms with E-state index in [1.54, 1.807) is 13.8 Å². The lowest BCUT2D eigenvalue weighted by Gasteiger charge is -2.09. The molecule has 0 aromatic carbocycles. The first kappa shape index (κ1) is 14.3. The molecule has 0 rings (SSSR count). The van der Waals surface area contributed by atoms with Crippen molar-refractivity contribution in [3.63, 3.8) is 0 Å². The smallest absolute Gasteiger partial charge is 0.213 e. The largest absolute Gasteiger partial charge is 0.381 e. The number of alkyl halides is 1. The average molecular weight is 288 g/mol. The molecule has 0 spiro atoms. The minimum absolute atomic E-state index is 0.369. The maximum absolute atomic E-state index is 11.3. The number of sulfonamides is 1. The summed E-state index contributed by atoms with van der Waals surface area (Å²) in [4.78, 5) is 0. The third kappa shape index (κ3) is 6.75. The van der Waals surface area contributed by atoms with Gasteiger partial charge in [0.1, 0.15) is 0 Å². The van der Waals surface area contributed by atoms with E-state index in [0.29, 0.717) is 26.2 Å². The Morgan fingerprint density at radius 1 is 1.36 bits per heavy atom. The molecule has 86 valence electrons. The summed E-state index contributed by atoms with van der Waals surface area (Å²) < 4.78 is 30.2. The molecule has 0 aliphatic heterocycles. The molecule has 0 atom stereocenters. The maximum Gasteiger partial charge on any atom is 0.213 e. The van der Waals surface area contributed by atoms with Crippen LogP contribution in [0, 0.1) is 0 Å². The van der Waals surface area contributed by atoms with Crippen molar-refractivity contribution in [2.24, 2.45) is 0 Å². The first-order valence-corrected chi connectivity index (χ1v) is 7.29. The molecule has 0 aromatic heterocycles. The second-order valence-electron chi connectivity index (χ2n) is 3.14. The number of halogens is 1. The van der Waals surface area contributed by atoms with Crippen LogP contribution in [-0.2, 0) is 14.8 Å². The van der Waals surface area contributed by atoms with Crippen molar-refractivity contribution < 1.29 is 13.2 Å². The van der Waals surface area contributed by atoms with Crippen molar-refractivity contribution in [3.05, 3.63) is 0 Å². The van der Waals surface area contributed by atoms with E-state index in [0.717, 1.165) is 5.33 Å². The fourth-order valence-electron chi connectivity index (χ4n) is 0.712. The molecule has 1 N–H and O–H groups in total. The highest BCUT2D eigenvalue weighted by Gasteiger charge is 2.13. The van der Waals surface area contributed by atoms with Crippen molar-refractivity contribution in [3.8, 4) is 0 Å². The minimum atomic E-state index is -3.11. The highest BCUT2D eigenvalue weighted by molar-refractivity contribution is 9.09. The molecular weight excluding hydrogens is 270 g/mol. The molecule has 0 fully saturated rings. The number of hydrogen-bond donors (Lipinski definition) is 1. The van der Waals surface area contributed by atoms with Crippen LogP contribution in [0.15, 0.2) is 0 Å². The highest BCUT2D eigenvalue weighted by atomic mass is 79.9. The summed E-state index contributed by atoms with van der Waals surface area (Å²) >= 11 is 3.23. The van der Waals surface area contributed by atoms with Crippen molar-refractivity contribution in [1.82, 2.24) is 4.72 Å². The molecule has 6 heteroatoms. The molecular formula is C8H18BrNO3S. The summed E-state index contributed by atoms with van der Waals surface area (Å²) in [6.45, 7) is 5.01. The topological polar surface area (TPSA) is 55.4 Å². The number of hydrogen-bond acceptors (Lipinski definition) is 3. The lowest BCUT2D eigenvalue weighted by Crippen LogP contribution is -2.31. The summed E-state index contributed by atoms with van der Waals surface area (Å²) in [7, 11) is -3.11. The quantitative estimate of drug-likeness (QED) is 0.538. The highest BCUT2D eigenvalue weighted by Crippen LogP contribution is 1.95. The lowest BCUT2D eigenvalue weighted by molar-refractivity contribution is 0.149. The van der Waals surface area contributed by atoms with Gasteiger partial charge in [0.25, 0.3) is 0 Å². The predicted octanol–water partition coefficient (Wildman–Crippen LogP) is 1.12. The maximum atomic E-state index is 11.3. The van der Waals surface area contributed by atoms with Crippen LogP contribution in [0.25, 0.3) is 0 Å². The van der Waals surface area contributed by atoms with Crippen LogP contribution < -0.4 is 4.72 Å². The molecule has 14 heavy (non-hydrogen) atoms. The van der Waals surface area contributed by atoms with Crippen LogP contribution in [0.2, 0.25) is 0 Å². The van der Waals surface area contributed by atoms with Crippen molar-refractivity contribution in [2.45, 2.75) is 25.5 Å². The van der Waals surface area contributed by atoms with Crippen molar-refractivity contribution in [2.75, 3.05) is 25.1 Å². The minimum Gasteiger partial charge on any atom is -0.381 e. The van der Waals surface area contributed by atoms with Gasteiger partial charge in [-0.2, -0.15) is 0 Å². The van der Waals surface area contributed by atoms with E-state index in [9.17, 15) is 8.42 Å². The van der Waals surface area contributed by atoms with E-state index >= 15 is 0 Å². The van der Waals surface area contributed by atoms with E-state index in [-0.39, 0.29) is 5.25 Å². The Morgan fingerprint density at radius 3 is 2.50 bits per heavy atom. The van der Waals surface area contributed by atoms with Gasteiger partial charge >= 0.3 is 0 Å². The molecule has 0 saturated heterocycles. The Balaban J connectivity index is 3.46. The van der Waals surface area contributed by atoms with Gasteiger partial charge in [0.05, 0.1) is 11.9 Å². The first-order valence-electron chi connectivity index (χ1n) is 4.63. The van der Waals surface area contributed by atoms with Crippen LogP contribution in [0.5, 0.6) is 0 Å². The van der Waals surface area contributed by atoms with Gasteiger partial charge in [-0.3, -0.25) is 0 Å². The molecule has 0 saturated carbocycles. The van der Waals surface area contributed by atoms with Crippen LogP contribution in [0.4, 0.5) is 0 Å². The van der Waals surface area contributed by atoms with E-state index in [1.807, 2.05) is 0 Å². The SMILES string of the molecule is CC(C)S(=O)(=O)NCCCOCCBr. The third-order valence-corrected chi connectivity index (χ3v) is 3.78. The van der Waals surface area contributed by atoms with Crippen LogP contribution >= 0.6 is 15.9 Å². The van der Waals surface area contributed by atoms with Gasteiger partial charge in [0.2, 0.25) is 10.0 Å². The van der Waals surface area contributed by atoms with Gasteiger partial charge < -0.3 is 4.74 Å². The Hall–Kier alpha value is 0.350. The van der Waals surface area contributed by atoms with Crippen molar-refractivity contribution >= 4 is 26.0 Å². The molecule has 0 heterocycles. The summed E-state index contributed by atoms with van der Waals surface area (Å²) in [6.07, 6.45) is 0.707.